The molecule has 0 aliphatic rings. The van der Waals surface area contributed by atoms with E-state index < -0.39 is 5.91 Å². The van der Waals surface area contributed by atoms with E-state index in [0.29, 0.717) is 10.7 Å². The van der Waals surface area contributed by atoms with Gasteiger partial charge in [-0.05, 0) is 29.5 Å². The molecule has 0 saturated carbocycles. The van der Waals surface area contributed by atoms with E-state index >= 15 is 0 Å². The van der Waals surface area contributed by atoms with Crippen LogP contribution in [-0.2, 0) is 0 Å². The quantitative estimate of drug-likeness (QED) is 0.786. The smallest absolute Gasteiger partial charge is 0.298 e. The fourth-order valence-electron chi connectivity index (χ4n) is 1.44. The van der Waals surface area contributed by atoms with E-state index in [1.54, 1.807) is 24.3 Å². The van der Waals surface area contributed by atoms with E-state index in [2.05, 4.69) is 30.4 Å². The van der Waals surface area contributed by atoms with Crippen molar-refractivity contribution >= 4 is 23.3 Å². The molecule has 0 atom stereocenters. The molecule has 9 heteroatoms. The largest absolute Gasteiger partial charge is 0.363 e. The number of carbonyl (C=O) groups is 1. The van der Waals surface area contributed by atoms with Gasteiger partial charge in [0.1, 0.15) is 6.26 Å². The minimum atomic E-state index is -0.529. The van der Waals surface area contributed by atoms with Gasteiger partial charge in [-0.2, -0.15) is 0 Å². The molecule has 20 heavy (non-hydrogen) atoms. The zero-order valence-corrected chi connectivity index (χ0v) is 10.7. The number of anilines is 1. The third-order valence-electron chi connectivity index (χ3n) is 2.35. The van der Waals surface area contributed by atoms with Gasteiger partial charge in [0.2, 0.25) is 0 Å². The zero-order valence-electron chi connectivity index (χ0n) is 9.89. The van der Waals surface area contributed by atoms with E-state index in [1.165, 1.54) is 17.1 Å². The third-order valence-corrected chi connectivity index (χ3v) is 2.61. The van der Waals surface area contributed by atoms with Crippen LogP contribution in [0.1, 0.15) is 10.6 Å². The molecule has 3 rings (SSSR count). The Bertz CT molecular complexity index is 722. The highest BCUT2D eigenvalue weighted by Gasteiger charge is 2.14. The number of tetrazole rings is 1. The number of hydrogen-bond donors (Lipinski definition) is 1. The highest BCUT2D eigenvalue weighted by molar-refractivity contribution is 6.30. The van der Waals surface area contributed by atoms with Crippen molar-refractivity contribution in [3.8, 4) is 5.69 Å². The number of nitrogens with one attached hydrogen (secondary N) is 1. The highest BCUT2D eigenvalue weighted by Crippen LogP contribution is 2.11. The van der Waals surface area contributed by atoms with Crippen LogP contribution in [0, 0.1) is 0 Å². The van der Waals surface area contributed by atoms with Crippen molar-refractivity contribution in [2.75, 3.05) is 5.32 Å². The molecule has 8 nitrogen and oxygen atoms in total. The van der Waals surface area contributed by atoms with E-state index in [-0.39, 0.29) is 11.6 Å². The first kappa shape index (κ1) is 12.3. The number of aromatic nitrogens is 5. The number of halogens is 1. The minimum Gasteiger partial charge on any atom is -0.363 e. The molecular formula is C11H7ClN6O2. The van der Waals surface area contributed by atoms with Gasteiger partial charge in [0.15, 0.2) is 5.82 Å². The average Bonchev–Trinajstić information content (AvgIpc) is 3.10. The Hall–Kier alpha value is -2.74. The van der Waals surface area contributed by atoms with Crippen LogP contribution in [-0.4, -0.2) is 31.3 Å². The summed E-state index contributed by atoms with van der Waals surface area (Å²) in [6.07, 6.45) is 1.34. The lowest BCUT2D eigenvalue weighted by Crippen LogP contribution is -2.14. The normalized spacial score (nSPS) is 10.4. The lowest BCUT2D eigenvalue weighted by atomic mass is 10.3. The van der Waals surface area contributed by atoms with Crippen molar-refractivity contribution < 1.29 is 9.32 Å². The zero-order chi connectivity index (χ0) is 13.9. The maximum atomic E-state index is 11.8. The van der Waals surface area contributed by atoms with Gasteiger partial charge < -0.3 is 9.84 Å². The summed E-state index contributed by atoms with van der Waals surface area (Å²) >= 11 is 5.79. The summed E-state index contributed by atoms with van der Waals surface area (Å²) in [5.74, 6) is -0.333. The van der Waals surface area contributed by atoms with Gasteiger partial charge in [-0.1, -0.05) is 16.8 Å². The van der Waals surface area contributed by atoms with Gasteiger partial charge in [0.05, 0.1) is 5.69 Å². The number of hydrogen-bond acceptors (Lipinski definition) is 6. The summed E-state index contributed by atoms with van der Waals surface area (Å²) < 4.78 is 4.60. The Morgan fingerprint density at radius 1 is 1.25 bits per heavy atom. The van der Waals surface area contributed by atoms with E-state index in [4.69, 9.17) is 11.6 Å². The van der Waals surface area contributed by atoms with Gasteiger partial charge in [-0.3, -0.25) is 4.79 Å². The first-order valence-corrected chi connectivity index (χ1v) is 5.88. The fraction of sp³-hybridized carbons (Fsp3) is 0. The second kappa shape index (κ2) is 5.10. The summed E-state index contributed by atoms with van der Waals surface area (Å²) in [7, 11) is 0. The predicted octanol–water partition coefficient (Wildman–Crippen LogP) is 1.56. The molecule has 1 N–H and O–H groups in total. The van der Waals surface area contributed by atoms with Gasteiger partial charge in [-0.15, -0.1) is 15.0 Å². The number of amides is 1. The summed E-state index contributed by atoms with van der Waals surface area (Å²) in [6.45, 7) is 0. The average molecular weight is 291 g/mol. The van der Waals surface area contributed by atoms with Crippen molar-refractivity contribution in [1.29, 1.82) is 0 Å². The van der Waals surface area contributed by atoms with Gasteiger partial charge in [0, 0.05) is 11.1 Å². The molecule has 100 valence electrons. The third kappa shape index (κ3) is 2.50. The van der Waals surface area contributed by atoms with Gasteiger partial charge in [-0.25, -0.2) is 0 Å². The lowest BCUT2D eigenvalue weighted by molar-refractivity contribution is 0.101. The highest BCUT2D eigenvalue weighted by atomic mass is 35.5. The van der Waals surface area contributed by atoms with Crippen molar-refractivity contribution in [3.63, 3.8) is 0 Å². The Kier molecular flexibility index (Phi) is 3.13. The van der Waals surface area contributed by atoms with Crippen molar-refractivity contribution in [2.45, 2.75) is 0 Å². The summed E-state index contributed by atoms with van der Waals surface area (Å²) in [6, 6.07) is 8.30. The molecule has 2 heterocycles. The first-order chi connectivity index (χ1) is 9.72. The molecule has 0 bridgehead atoms. The molecule has 2 aromatic heterocycles. The Labute approximate surface area is 117 Å². The van der Waals surface area contributed by atoms with Crippen LogP contribution in [0.2, 0.25) is 5.02 Å². The number of benzene rings is 1. The van der Waals surface area contributed by atoms with Crippen LogP contribution in [0.4, 0.5) is 5.82 Å². The topological polar surface area (TPSA) is 98.7 Å². The molecule has 1 amide bonds. The predicted molar refractivity (Wildman–Crippen MR) is 68.6 cm³/mol. The fourth-order valence-corrected chi connectivity index (χ4v) is 1.56. The van der Waals surface area contributed by atoms with Crippen LogP contribution in [0.15, 0.2) is 41.1 Å². The molecule has 0 aliphatic heterocycles. The van der Waals surface area contributed by atoms with E-state index in [0.717, 1.165) is 0 Å². The second-order valence-electron chi connectivity index (χ2n) is 3.72. The van der Waals surface area contributed by atoms with E-state index in [1.807, 2.05) is 0 Å². The second-order valence-corrected chi connectivity index (χ2v) is 4.15. The van der Waals surface area contributed by atoms with Crippen molar-refractivity contribution in [1.82, 2.24) is 25.4 Å². The first-order valence-electron chi connectivity index (χ1n) is 5.50. The van der Waals surface area contributed by atoms with Gasteiger partial charge in [0.25, 0.3) is 11.7 Å². The monoisotopic (exact) mass is 290 g/mol. The van der Waals surface area contributed by atoms with Crippen LogP contribution in [0.25, 0.3) is 5.69 Å². The Morgan fingerprint density at radius 2 is 2.05 bits per heavy atom. The number of rotatable bonds is 3. The van der Waals surface area contributed by atoms with Crippen LogP contribution in [0.5, 0.6) is 0 Å². The molecule has 0 spiro atoms. The molecule has 0 fully saturated rings. The van der Waals surface area contributed by atoms with Crippen LogP contribution < -0.4 is 5.32 Å². The maximum absolute atomic E-state index is 11.8. The number of nitrogens with zero attached hydrogens (tertiary/aromatic N) is 5. The molecule has 0 aliphatic carbocycles. The molecular weight excluding hydrogens is 284 g/mol. The van der Waals surface area contributed by atoms with Crippen LogP contribution in [0.3, 0.4) is 0 Å². The van der Waals surface area contributed by atoms with Gasteiger partial charge >= 0.3 is 0 Å². The van der Waals surface area contributed by atoms with Crippen LogP contribution >= 0.6 is 11.6 Å². The minimum absolute atomic E-state index is 0.0806. The van der Waals surface area contributed by atoms with Crippen molar-refractivity contribution in [3.05, 3.63) is 47.4 Å². The number of carbonyl (C=O) groups excluding carboxylic acids is 1. The Balaban J connectivity index is 1.79. The summed E-state index contributed by atoms with van der Waals surface area (Å²) in [4.78, 5) is 13.0. The standard InChI is InChI=1S/C11H7ClN6O2/c12-7-1-3-8(4-2-7)18-15-10(14-17-18)11(19)13-9-5-6-20-16-9/h1-6H,(H,13,16,19). The SMILES string of the molecule is O=C(Nc1ccon1)c1nnn(-c2ccc(Cl)cc2)n1. The van der Waals surface area contributed by atoms with E-state index in [9.17, 15) is 4.79 Å². The summed E-state index contributed by atoms with van der Waals surface area (Å²) in [5, 5.41) is 18.1. The summed E-state index contributed by atoms with van der Waals surface area (Å²) in [5.41, 5.74) is 0.641. The molecule has 0 radical (unpaired) electrons. The maximum Gasteiger partial charge on any atom is 0.298 e. The molecule has 0 saturated heterocycles. The molecule has 0 unspecified atom stereocenters. The molecule has 1 aromatic carbocycles. The molecule has 3 aromatic rings. The lowest BCUT2D eigenvalue weighted by Gasteiger charge is -1.97. The Morgan fingerprint density at radius 3 is 2.75 bits per heavy atom. The van der Waals surface area contributed by atoms with Crippen molar-refractivity contribution in [2.24, 2.45) is 0 Å².